The summed E-state index contributed by atoms with van der Waals surface area (Å²) in [6, 6.07) is 6.43. The summed E-state index contributed by atoms with van der Waals surface area (Å²) in [5.41, 5.74) is 0.0610. The molecule has 2 rings (SSSR count). The minimum absolute atomic E-state index is 0.0174. The average molecular weight is 474 g/mol. The Balaban J connectivity index is 2.03. The van der Waals surface area contributed by atoms with Gasteiger partial charge in [-0.15, -0.1) is 0 Å². The highest BCUT2D eigenvalue weighted by Gasteiger charge is 2.17. The number of methoxy groups -OCH3 is 2. The number of nitrogens with zero attached hydrogens (tertiary/aromatic N) is 1. The number of halogens is 2. The van der Waals surface area contributed by atoms with Crippen molar-refractivity contribution in [3.8, 4) is 11.5 Å². The molecule has 0 saturated carbocycles. The molecule has 28 heavy (non-hydrogen) atoms. The van der Waals surface area contributed by atoms with Crippen LogP contribution in [0.1, 0.15) is 10.4 Å². The van der Waals surface area contributed by atoms with Crippen LogP contribution in [0.4, 0.5) is 11.4 Å². The maximum absolute atomic E-state index is 12.2. The van der Waals surface area contributed by atoms with Gasteiger partial charge in [-0.2, -0.15) is 0 Å². The third-order valence-electron chi connectivity index (χ3n) is 3.45. The van der Waals surface area contributed by atoms with Crippen molar-refractivity contribution in [2.75, 3.05) is 26.1 Å². The molecule has 0 radical (unpaired) electrons. The Bertz CT molecular complexity index is 911. The largest absolute Gasteiger partial charge is 0.495 e. The molecule has 1 amide bonds. The number of nitrogens with one attached hydrogen (secondary N) is 1. The van der Waals surface area contributed by atoms with Gasteiger partial charge in [0.05, 0.1) is 35.4 Å². The average Bonchev–Trinajstić information content (AvgIpc) is 2.67. The van der Waals surface area contributed by atoms with Crippen molar-refractivity contribution in [2.45, 2.75) is 0 Å². The van der Waals surface area contributed by atoms with Crippen molar-refractivity contribution in [1.29, 1.82) is 0 Å². The number of carbonyl (C=O) groups is 2. The van der Waals surface area contributed by atoms with E-state index in [9.17, 15) is 19.7 Å². The zero-order chi connectivity index (χ0) is 20.8. The molecule has 2 aromatic rings. The molecule has 0 unspecified atom stereocenters. The van der Waals surface area contributed by atoms with Gasteiger partial charge >= 0.3 is 5.97 Å². The quantitative estimate of drug-likeness (QED) is 0.369. The number of non-ortho nitro benzene ring substituents is 1. The monoisotopic (exact) mass is 472 g/mol. The lowest BCUT2D eigenvalue weighted by molar-refractivity contribution is -0.384. The number of rotatable bonds is 7. The van der Waals surface area contributed by atoms with E-state index in [0.717, 1.165) is 6.07 Å². The lowest BCUT2D eigenvalue weighted by Gasteiger charge is -2.11. The molecule has 0 fully saturated rings. The number of nitro groups is 1. The van der Waals surface area contributed by atoms with Crippen LogP contribution in [-0.4, -0.2) is 37.6 Å². The predicted molar refractivity (Wildman–Crippen MR) is 104 cm³/mol. The van der Waals surface area contributed by atoms with Gasteiger partial charge in [0.2, 0.25) is 0 Å². The number of ether oxygens (including phenoxy) is 3. The fourth-order valence-electron chi connectivity index (χ4n) is 2.11. The van der Waals surface area contributed by atoms with Gasteiger partial charge in [-0.1, -0.05) is 11.6 Å². The van der Waals surface area contributed by atoms with Crippen LogP contribution in [-0.2, 0) is 9.53 Å². The number of nitro benzene ring substituents is 1. The van der Waals surface area contributed by atoms with E-state index in [2.05, 4.69) is 21.2 Å². The molecule has 2 aromatic carbocycles. The third-order valence-corrected chi connectivity index (χ3v) is 4.55. The summed E-state index contributed by atoms with van der Waals surface area (Å²) in [4.78, 5) is 34.3. The van der Waals surface area contributed by atoms with E-state index >= 15 is 0 Å². The Morgan fingerprint density at radius 3 is 2.29 bits per heavy atom. The van der Waals surface area contributed by atoms with Gasteiger partial charge in [0, 0.05) is 12.1 Å². The molecule has 0 bridgehead atoms. The molecule has 9 nitrogen and oxygen atoms in total. The standard InChI is InChI=1S/C17H14BrClN2O7/c1-26-13-5-9(6-14(27-2)16(13)18)17(23)28-8-15(22)20-12-4-3-10(21(24)25)7-11(12)19/h3-7H,8H2,1-2H3,(H,20,22). The molecule has 0 aliphatic rings. The van der Waals surface area contributed by atoms with Crippen LogP contribution in [0.5, 0.6) is 11.5 Å². The number of benzene rings is 2. The Labute approximate surface area is 172 Å². The SMILES string of the molecule is COc1cc(C(=O)OCC(=O)Nc2ccc([N+](=O)[O-])cc2Cl)cc(OC)c1Br. The first-order chi connectivity index (χ1) is 13.3. The van der Waals surface area contributed by atoms with Gasteiger partial charge in [0.25, 0.3) is 11.6 Å². The summed E-state index contributed by atoms with van der Waals surface area (Å²) in [5.74, 6) is -0.726. The first-order valence-corrected chi connectivity index (χ1v) is 8.76. The maximum atomic E-state index is 12.2. The molecule has 11 heteroatoms. The van der Waals surface area contributed by atoms with Gasteiger partial charge in [-0.25, -0.2) is 4.79 Å². The number of esters is 1. The molecular weight excluding hydrogens is 460 g/mol. The van der Waals surface area contributed by atoms with Crippen LogP contribution in [0.25, 0.3) is 0 Å². The summed E-state index contributed by atoms with van der Waals surface area (Å²) in [6.07, 6.45) is 0. The summed E-state index contributed by atoms with van der Waals surface area (Å²) in [7, 11) is 2.85. The van der Waals surface area contributed by atoms with Crippen LogP contribution in [0.3, 0.4) is 0 Å². The van der Waals surface area contributed by atoms with Crippen molar-refractivity contribution in [1.82, 2.24) is 0 Å². The second-order valence-electron chi connectivity index (χ2n) is 5.24. The zero-order valence-corrected chi connectivity index (χ0v) is 17.0. The van der Waals surface area contributed by atoms with Crippen molar-refractivity contribution in [2.24, 2.45) is 0 Å². The van der Waals surface area contributed by atoms with E-state index < -0.39 is 23.4 Å². The van der Waals surface area contributed by atoms with Gasteiger partial charge in [-0.05, 0) is 34.1 Å². The van der Waals surface area contributed by atoms with Crippen molar-refractivity contribution >= 4 is 50.8 Å². The second-order valence-corrected chi connectivity index (χ2v) is 6.44. The lowest BCUT2D eigenvalue weighted by Crippen LogP contribution is -2.21. The van der Waals surface area contributed by atoms with Crippen LogP contribution < -0.4 is 14.8 Å². The van der Waals surface area contributed by atoms with Crippen LogP contribution >= 0.6 is 27.5 Å². The second kappa shape index (κ2) is 9.38. The molecule has 0 aromatic heterocycles. The van der Waals surface area contributed by atoms with Gasteiger partial charge in [-0.3, -0.25) is 14.9 Å². The van der Waals surface area contributed by atoms with E-state index in [-0.39, 0.29) is 22.0 Å². The molecule has 0 atom stereocenters. The summed E-state index contributed by atoms with van der Waals surface area (Å²) >= 11 is 9.18. The molecule has 148 valence electrons. The van der Waals surface area contributed by atoms with Gasteiger partial charge in [0.1, 0.15) is 16.0 Å². The smallest absolute Gasteiger partial charge is 0.338 e. The van der Waals surface area contributed by atoms with E-state index in [1.807, 2.05) is 0 Å². The first kappa shape index (κ1) is 21.5. The minimum Gasteiger partial charge on any atom is -0.495 e. The Morgan fingerprint density at radius 1 is 1.18 bits per heavy atom. The van der Waals surface area contributed by atoms with Crippen LogP contribution in [0, 0.1) is 10.1 Å². The van der Waals surface area contributed by atoms with Crippen molar-refractivity contribution < 1.29 is 28.7 Å². The summed E-state index contributed by atoms with van der Waals surface area (Å²) < 4.78 is 15.8. The molecule has 0 aliphatic carbocycles. The first-order valence-electron chi connectivity index (χ1n) is 7.59. The maximum Gasteiger partial charge on any atom is 0.338 e. The molecular formula is C17H14BrClN2O7. The van der Waals surface area contributed by atoms with Crippen molar-refractivity contribution in [3.05, 3.63) is 55.5 Å². The summed E-state index contributed by atoms with van der Waals surface area (Å²) in [5, 5.41) is 13.1. The molecule has 0 aliphatic heterocycles. The van der Waals surface area contributed by atoms with Gasteiger partial charge < -0.3 is 19.5 Å². The zero-order valence-electron chi connectivity index (χ0n) is 14.7. The highest BCUT2D eigenvalue weighted by atomic mass is 79.9. The molecule has 0 spiro atoms. The number of hydrogen-bond acceptors (Lipinski definition) is 7. The number of anilines is 1. The number of hydrogen-bond donors (Lipinski definition) is 1. The normalized spacial score (nSPS) is 10.1. The Kier molecular flexibility index (Phi) is 7.18. The minimum atomic E-state index is -0.769. The number of amides is 1. The van der Waals surface area contributed by atoms with Gasteiger partial charge in [0.15, 0.2) is 6.61 Å². The number of carbonyl (C=O) groups excluding carboxylic acids is 2. The van der Waals surface area contributed by atoms with E-state index in [1.165, 1.54) is 38.5 Å². The van der Waals surface area contributed by atoms with E-state index in [1.54, 1.807) is 0 Å². The third kappa shape index (κ3) is 5.11. The van der Waals surface area contributed by atoms with E-state index in [0.29, 0.717) is 16.0 Å². The fraction of sp³-hybridized carbons (Fsp3) is 0.176. The molecule has 0 saturated heterocycles. The van der Waals surface area contributed by atoms with Crippen LogP contribution in [0.15, 0.2) is 34.8 Å². The lowest BCUT2D eigenvalue weighted by atomic mass is 10.2. The van der Waals surface area contributed by atoms with Crippen molar-refractivity contribution in [3.63, 3.8) is 0 Å². The highest BCUT2D eigenvalue weighted by Crippen LogP contribution is 2.35. The molecule has 0 heterocycles. The highest BCUT2D eigenvalue weighted by molar-refractivity contribution is 9.10. The Hall–Kier alpha value is -2.85. The molecule has 1 N–H and O–H groups in total. The fourth-order valence-corrected chi connectivity index (χ4v) is 2.88. The topological polar surface area (TPSA) is 117 Å². The summed E-state index contributed by atoms with van der Waals surface area (Å²) in [6.45, 7) is -0.590. The Morgan fingerprint density at radius 2 is 1.79 bits per heavy atom. The predicted octanol–water partition coefficient (Wildman–Crippen LogP) is 3.82. The van der Waals surface area contributed by atoms with Crippen LogP contribution in [0.2, 0.25) is 5.02 Å². The van der Waals surface area contributed by atoms with E-state index in [4.69, 9.17) is 25.8 Å².